The maximum Gasteiger partial charge on any atom is 0.322 e. The fourth-order valence-corrected chi connectivity index (χ4v) is 9.93. The fourth-order valence-electron chi connectivity index (χ4n) is 7.93. The SMILES string of the molecule is CC1(C)C(/C=C/C2=C(NCC(=O)O)C(=C/C=C3\N(CCCS(=O)(=O)O)c4ccc(S(=O)(=O)O)cc4C3(C)C)/CCC2)=[N+](CCCS(=O)(=O)O)c2ccc(S(=O)(=O)O)cc21. The van der Waals surface area contributed by atoms with Crippen LogP contribution in [0.25, 0.3) is 0 Å². The molecule has 0 aromatic heterocycles. The summed E-state index contributed by atoms with van der Waals surface area (Å²) >= 11 is 0. The second kappa shape index (κ2) is 16.7. The molecule has 2 aromatic carbocycles. The van der Waals surface area contributed by atoms with Gasteiger partial charge < -0.3 is 15.3 Å². The van der Waals surface area contributed by atoms with E-state index in [1.165, 1.54) is 36.4 Å². The lowest BCUT2D eigenvalue weighted by Crippen LogP contribution is -2.29. The van der Waals surface area contributed by atoms with Crippen LogP contribution in [0.3, 0.4) is 0 Å². The Kier molecular flexibility index (Phi) is 13.0. The Balaban J connectivity index is 1.62. The van der Waals surface area contributed by atoms with E-state index in [-0.39, 0.29) is 35.7 Å². The lowest BCUT2D eigenvalue weighted by molar-refractivity contribution is -0.437. The molecule has 17 nitrogen and oxygen atoms in total. The zero-order valence-corrected chi connectivity index (χ0v) is 36.0. The average molecular weight is 899 g/mol. The van der Waals surface area contributed by atoms with Gasteiger partial charge in [0.15, 0.2) is 5.71 Å². The Morgan fingerprint density at radius 1 is 0.780 bits per heavy atom. The van der Waals surface area contributed by atoms with Gasteiger partial charge in [-0.05, 0) is 92.6 Å². The van der Waals surface area contributed by atoms with E-state index in [1.807, 2.05) is 37.2 Å². The topological polar surface area (TPSA) is 273 Å². The van der Waals surface area contributed by atoms with E-state index < -0.39 is 75.3 Å². The van der Waals surface area contributed by atoms with Gasteiger partial charge in [-0.2, -0.15) is 38.2 Å². The van der Waals surface area contributed by atoms with E-state index in [1.54, 1.807) is 24.3 Å². The van der Waals surface area contributed by atoms with Crippen molar-refractivity contribution < 1.29 is 66.4 Å². The summed E-state index contributed by atoms with van der Waals surface area (Å²) in [5, 5.41) is 12.7. The number of hydrogen-bond acceptors (Lipinski definition) is 11. The van der Waals surface area contributed by atoms with Crippen molar-refractivity contribution in [2.24, 2.45) is 0 Å². The molecule has 6 N–H and O–H groups in total. The molecule has 0 atom stereocenters. The first-order valence-corrected chi connectivity index (χ1v) is 24.6. The Labute approximate surface area is 344 Å². The number of anilines is 1. The minimum Gasteiger partial charge on any atom is -0.480 e. The van der Waals surface area contributed by atoms with Gasteiger partial charge in [-0.3, -0.25) is 23.0 Å². The molecule has 0 bridgehead atoms. The molecule has 21 heteroatoms. The van der Waals surface area contributed by atoms with Crippen molar-refractivity contribution in [3.05, 3.63) is 94.4 Å². The number of carboxylic acids is 1. The fraction of sp³-hybridized carbons (Fsp3) is 0.421. The Morgan fingerprint density at radius 2 is 1.37 bits per heavy atom. The number of rotatable bonds is 16. The minimum atomic E-state index is -4.56. The molecule has 0 amide bonds. The quantitative estimate of drug-likeness (QED) is 0.101. The normalized spacial score (nSPS) is 19.6. The molecule has 0 fully saturated rings. The molecule has 322 valence electrons. The van der Waals surface area contributed by atoms with E-state index in [0.717, 1.165) is 11.1 Å². The van der Waals surface area contributed by atoms with Crippen molar-refractivity contribution in [3.63, 3.8) is 0 Å². The number of nitrogens with zero attached hydrogens (tertiary/aromatic N) is 2. The maximum atomic E-state index is 12.1. The van der Waals surface area contributed by atoms with Crippen molar-refractivity contribution in [2.45, 2.75) is 80.4 Å². The smallest absolute Gasteiger partial charge is 0.322 e. The van der Waals surface area contributed by atoms with Crippen LogP contribution in [0.2, 0.25) is 0 Å². The van der Waals surface area contributed by atoms with Gasteiger partial charge >= 0.3 is 5.97 Å². The third-order valence-electron chi connectivity index (χ3n) is 10.7. The minimum absolute atomic E-state index is 0.0194. The summed E-state index contributed by atoms with van der Waals surface area (Å²) in [5.74, 6) is -2.18. The summed E-state index contributed by atoms with van der Waals surface area (Å²) in [6.07, 6.45) is 8.90. The highest BCUT2D eigenvalue weighted by molar-refractivity contribution is 7.86. The summed E-state index contributed by atoms with van der Waals surface area (Å²) in [7, 11) is -17.7. The molecule has 2 aliphatic heterocycles. The Hall–Kier alpha value is -4.22. The standard InChI is InChI=1S/C38H47N3O14S4/c1-37(2)29-22-27(58(50,51)52)12-14-31(29)40(18-6-20-56(44,45)46)33(37)16-10-25-8-5-9-26(36(25)39-24-35(42)43)11-17-34-38(3,4)30-23-28(59(53,54)55)13-15-32(30)41(34)19-7-21-57(47,48)49/h10-17,22-23H,5-9,18-21,24H2,1-4H3,(H5,42,43,44,45,46,47,48,49,50,51,52,53,54,55)/p+1/b25-10+,33-16-. The first-order chi connectivity index (χ1) is 27.1. The van der Waals surface area contributed by atoms with Gasteiger partial charge in [-0.1, -0.05) is 26.0 Å². The molecule has 5 rings (SSSR count). The van der Waals surface area contributed by atoms with Crippen LogP contribution in [0, 0.1) is 0 Å². The number of aliphatic carboxylic acids is 1. The molecule has 0 saturated carbocycles. The zero-order valence-electron chi connectivity index (χ0n) is 32.8. The first-order valence-electron chi connectivity index (χ1n) is 18.5. The summed E-state index contributed by atoms with van der Waals surface area (Å²) in [4.78, 5) is 13.0. The lowest BCUT2D eigenvalue weighted by atomic mass is 9.81. The molecule has 59 heavy (non-hydrogen) atoms. The van der Waals surface area contributed by atoms with Crippen molar-refractivity contribution in [1.82, 2.24) is 5.32 Å². The predicted molar refractivity (Wildman–Crippen MR) is 220 cm³/mol. The maximum absolute atomic E-state index is 12.1. The van der Waals surface area contributed by atoms with E-state index in [2.05, 4.69) is 5.32 Å². The van der Waals surface area contributed by atoms with Crippen LogP contribution in [0.4, 0.5) is 11.4 Å². The number of nitrogens with one attached hydrogen (secondary N) is 1. The Morgan fingerprint density at radius 3 is 1.97 bits per heavy atom. The van der Waals surface area contributed by atoms with E-state index >= 15 is 0 Å². The molecular formula is C38H48N3O14S4+. The molecule has 0 saturated heterocycles. The summed E-state index contributed by atoms with van der Waals surface area (Å²) in [5.41, 5.74) is 3.67. The molecule has 0 radical (unpaired) electrons. The van der Waals surface area contributed by atoms with Gasteiger partial charge in [0, 0.05) is 53.2 Å². The van der Waals surface area contributed by atoms with E-state index in [4.69, 9.17) is 0 Å². The van der Waals surface area contributed by atoms with E-state index in [9.17, 15) is 61.8 Å². The van der Waals surface area contributed by atoms with Gasteiger partial charge in [0.25, 0.3) is 40.5 Å². The molecule has 1 aliphatic carbocycles. The number of carboxylic acid groups (broad SMARTS) is 1. The molecule has 3 aliphatic rings. The summed E-state index contributed by atoms with van der Waals surface area (Å²) in [6.45, 7) is 7.13. The van der Waals surface area contributed by atoms with Crippen molar-refractivity contribution in [3.8, 4) is 0 Å². The Bertz CT molecular complexity index is 2680. The van der Waals surface area contributed by atoms with Crippen LogP contribution < -0.4 is 10.2 Å². The molecule has 2 aromatic rings. The van der Waals surface area contributed by atoms with Crippen molar-refractivity contribution >= 4 is 63.5 Å². The average Bonchev–Trinajstić information content (AvgIpc) is 3.44. The number of hydrogen-bond donors (Lipinski definition) is 6. The highest BCUT2D eigenvalue weighted by Gasteiger charge is 2.45. The van der Waals surface area contributed by atoms with E-state index in [0.29, 0.717) is 58.9 Å². The largest absolute Gasteiger partial charge is 0.480 e. The van der Waals surface area contributed by atoms with Gasteiger partial charge in [0.05, 0.1) is 26.7 Å². The highest BCUT2D eigenvalue weighted by Crippen LogP contribution is 2.49. The van der Waals surface area contributed by atoms with Crippen molar-refractivity contribution in [2.75, 3.05) is 36.0 Å². The zero-order chi connectivity index (χ0) is 43.9. The van der Waals surface area contributed by atoms with Gasteiger partial charge in [0.1, 0.15) is 13.1 Å². The van der Waals surface area contributed by atoms with Crippen LogP contribution >= 0.6 is 0 Å². The second-order valence-electron chi connectivity index (χ2n) is 15.6. The van der Waals surface area contributed by atoms with Crippen LogP contribution in [0.15, 0.2) is 93.0 Å². The summed E-state index contributed by atoms with van der Waals surface area (Å²) < 4.78 is 135. The lowest BCUT2D eigenvalue weighted by Gasteiger charge is -2.27. The van der Waals surface area contributed by atoms with Crippen molar-refractivity contribution in [1.29, 1.82) is 0 Å². The third-order valence-corrected chi connectivity index (χ3v) is 14.0. The first kappa shape index (κ1) is 45.9. The van der Waals surface area contributed by atoms with Crippen LogP contribution in [0.5, 0.6) is 0 Å². The summed E-state index contributed by atoms with van der Waals surface area (Å²) in [6, 6.07) is 8.22. The van der Waals surface area contributed by atoms with Crippen LogP contribution in [0.1, 0.15) is 70.9 Å². The highest BCUT2D eigenvalue weighted by atomic mass is 32.2. The third kappa shape index (κ3) is 10.6. The second-order valence-corrected chi connectivity index (χ2v) is 21.6. The van der Waals surface area contributed by atoms with Gasteiger partial charge in [-0.15, -0.1) is 0 Å². The molecule has 2 heterocycles. The molecular weight excluding hydrogens is 851 g/mol. The number of fused-ring (bicyclic) bond motifs is 2. The molecule has 0 unspecified atom stereocenters. The number of allylic oxidation sites excluding steroid dienone is 7. The van der Waals surface area contributed by atoms with Crippen LogP contribution in [-0.2, 0) is 56.1 Å². The molecule has 0 spiro atoms. The predicted octanol–water partition coefficient (Wildman–Crippen LogP) is 4.39. The van der Waals surface area contributed by atoms with Crippen LogP contribution in [-0.4, -0.2) is 104 Å². The van der Waals surface area contributed by atoms with Gasteiger partial charge in [0.2, 0.25) is 5.69 Å². The monoisotopic (exact) mass is 898 g/mol. The van der Waals surface area contributed by atoms with Gasteiger partial charge in [-0.25, -0.2) is 0 Å². The number of benzene rings is 2. The number of carbonyl (C=O) groups is 1.